The molecule has 3 heteroatoms. The fourth-order valence-electron chi connectivity index (χ4n) is 7.42. The molecule has 0 atom stereocenters. The van der Waals surface area contributed by atoms with Crippen molar-refractivity contribution < 1.29 is 8.83 Å². The predicted molar refractivity (Wildman–Crippen MR) is 204 cm³/mol. The van der Waals surface area contributed by atoms with Gasteiger partial charge in [0.25, 0.3) is 0 Å². The second-order valence-electron chi connectivity index (χ2n) is 12.5. The topological polar surface area (TPSA) is 29.5 Å². The smallest absolute Gasteiger partial charge is 0.143 e. The number of rotatable bonds is 5. The van der Waals surface area contributed by atoms with Gasteiger partial charge in [-0.1, -0.05) is 133 Å². The van der Waals surface area contributed by atoms with E-state index in [0.29, 0.717) is 0 Å². The molecule has 0 unspecified atom stereocenters. The maximum atomic E-state index is 6.65. The van der Waals surface area contributed by atoms with Crippen LogP contribution in [0.15, 0.2) is 185 Å². The third-order valence-corrected chi connectivity index (χ3v) is 9.68. The molecule has 3 nitrogen and oxygen atoms in total. The molecule has 2 heterocycles. The molecule has 0 aliphatic rings. The highest BCUT2D eigenvalue weighted by atomic mass is 16.3. The largest absolute Gasteiger partial charge is 0.455 e. The van der Waals surface area contributed by atoms with Gasteiger partial charge in [0.05, 0.1) is 16.8 Å². The average Bonchev–Trinajstić information content (AvgIpc) is 3.75. The van der Waals surface area contributed by atoms with Crippen molar-refractivity contribution in [3.05, 3.63) is 176 Å². The Kier molecular flexibility index (Phi) is 6.18. The summed E-state index contributed by atoms with van der Waals surface area (Å²) in [5, 5.41) is 6.72. The number of fused-ring (bicyclic) bond motifs is 8. The first-order valence-corrected chi connectivity index (χ1v) is 16.6. The standard InChI is InChI=1S/C46H29NO2/c1-2-12-30(13-3-1)34-15-6-8-20-40(34)47(41-21-11-23-43-44(41)39-29-26-31-14-4-5-16-35(31)46(39)49-43)33-27-24-32(25-28-33)36-18-10-19-38-37-17-7-9-22-42(37)48-45(36)38/h1-29H. The van der Waals surface area contributed by atoms with Crippen LogP contribution in [0.1, 0.15) is 0 Å². The van der Waals surface area contributed by atoms with Crippen LogP contribution in [0, 0.1) is 0 Å². The summed E-state index contributed by atoms with van der Waals surface area (Å²) < 4.78 is 13.1. The molecular formula is C46H29NO2. The number of anilines is 3. The van der Waals surface area contributed by atoms with Crippen LogP contribution in [0.4, 0.5) is 17.1 Å². The molecule has 10 aromatic rings. The van der Waals surface area contributed by atoms with E-state index in [1.54, 1.807) is 0 Å². The highest BCUT2D eigenvalue weighted by Gasteiger charge is 2.23. The molecule has 0 spiro atoms. The Labute approximate surface area is 282 Å². The first-order chi connectivity index (χ1) is 24.3. The number of benzene rings is 8. The number of nitrogens with zero attached hydrogens (tertiary/aromatic N) is 1. The molecule has 230 valence electrons. The molecule has 2 aromatic heterocycles. The van der Waals surface area contributed by atoms with Crippen molar-refractivity contribution in [3.8, 4) is 22.3 Å². The highest BCUT2D eigenvalue weighted by Crippen LogP contribution is 2.47. The monoisotopic (exact) mass is 627 g/mol. The van der Waals surface area contributed by atoms with E-state index >= 15 is 0 Å². The summed E-state index contributed by atoms with van der Waals surface area (Å²) in [5.74, 6) is 0. The summed E-state index contributed by atoms with van der Waals surface area (Å²) in [6.45, 7) is 0. The van der Waals surface area contributed by atoms with Gasteiger partial charge in [-0.25, -0.2) is 0 Å². The second-order valence-corrected chi connectivity index (χ2v) is 12.5. The van der Waals surface area contributed by atoms with Gasteiger partial charge in [-0.05, 0) is 59.0 Å². The van der Waals surface area contributed by atoms with E-state index in [2.05, 4.69) is 169 Å². The summed E-state index contributed by atoms with van der Waals surface area (Å²) in [7, 11) is 0. The zero-order valence-corrected chi connectivity index (χ0v) is 26.5. The van der Waals surface area contributed by atoms with Crippen LogP contribution in [-0.4, -0.2) is 0 Å². The van der Waals surface area contributed by atoms with Gasteiger partial charge in [-0.3, -0.25) is 0 Å². The molecule has 0 radical (unpaired) electrons. The maximum Gasteiger partial charge on any atom is 0.143 e. The lowest BCUT2D eigenvalue weighted by atomic mass is 9.99. The first-order valence-electron chi connectivity index (χ1n) is 16.6. The van der Waals surface area contributed by atoms with Gasteiger partial charge in [0.2, 0.25) is 0 Å². The number of para-hydroxylation sites is 3. The molecule has 8 aromatic carbocycles. The van der Waals surface area contributed by atoms with E-state index in [-0.39, 0.29) is 0 Å². The Hall–Kier alpha value is -6.58. The number of hydrogen-bond acceptors (Lipinski definition) is 3. The summed E-state index contributed by atoms with van der Waals surface area (Å²) in [6.07, 6.45) is 0. The molecule has 0 bridgehead atoms. The Morgan fingerprint density at radius 3 is 1.88 bits per heavy atom. The van der Waals surface area contributed by atoms with Crippen molar-refractivity contribution in [2.75, 3.05) is 4.90 Å². The van der Waals surface area contributed by atoms with Crippen molar-refractivity contribution in [3.63, 3.8) is 0 Å². The Balaban J connectivity index is 1.20. The van der Waals surface area contributed by atoms with Gasteiger partial charge >= 0.3 is 0 Å². The lowest BCUT2D eigenvalue weighted by Gasteiger charge is -2.28. The van der Waals surface area contributed by atoms with Gasteiger partial charge in [0.1, 0.15) is 22.3 Å². The molecular weight excluding hydrogens is 599 g/mol. The van der Waals surface area contributed by atoms with E-state index in [9.17, 15) is 0 Å². The minimum atomic E-state index is 0.860. The van der Waals surface area contributed by atoms with Crippen LogP contribution in [0.3, 0.4) is 0 Å². The van der Waals surface area contributed by atoms with Gasteiger partial charge < -0.3 is 13.7 Å². The van der Waals surface area contributed by atoms with Gasteiger partial charge in [-0.2, -0.15) is 0 Å². The highest BCUT2D eigenvalue weighted by molar-refractivity contribution is 6.20. The number of furan rings is 2. The van der Waals surface area contributed by atoms with Gasteiger partial charge in [0.15, 0.2) is 0 Å². The summed E-state index contributed by atoms with van der Waals surface area (Å²) in [5.41, 5.74) is 11.3. The summed E-state index contributed by atoms with van der Waals surface area (Å²) >= 11 is 0. The molecule has 0 aliphatic heterocycles. The third-order valence-electron chi connectivity index (χ3n) is 9.68. The Morgan fingerprint density at radius 1 is 0.347 bits per heavy atom. The van der Waals surface area contributed by atoms with Crippen LogP contribution in [-0.2, 0) is 0 Å². The lowest BCUT2D eigenvalue weighted by molar-refractivity contribution is 0.670. The number of hydrogen-bond donors (Lipinski definition) is 0. The summed E-state index contributed by atoms with van der Waals surface area (Å²) in [4.78, 5) is 2.38. The Morgan fingerprint density at radius 2 is 0.980 bits per heavy atom. The van der Waals surface area contributed by atoms with Crippen molar-refractivity contribution in [2.45, 2.75) is 0 Å². The fourth-order valence-corrected chi connectivity index (χ4v) is 7.42. The van der Waals surface area contributed by atoms with Crippen LogP contribution < -0.4 is 4.90 Å². The first kappa shape index (κ1) is 27.5. The van der Waals surface area contributed by atoms with Crippen LogP contribution in [0.5, 0.6) is 0 Å². The zero-order chi connectivity index (χ0) is 32.3. The summed E-state index contributed by atoms with van der Waals surface area (Å²) in [6, 6.07) is 61.9. The third kappa shape index (κ3) is 4.37. The quantitative estimate of drug-likeness (QED) is 0.190. The second kappa shape index (κ2) is 11.0. The van der Waals surface area contributed by atoms with Crippen LogP contribution in [0.25, 0.3) is 76.9 Å². The fraction of sp³-hybridized carbons (Fsp3) is 0. The molecule has 0 N–H and O–H groups in total. The molecule has 0 saturated carbocycles. The van der Waals surface area contributed by atoms with Crippen molar-refractivity contribution in [1.29, 1.82) is 0 Å². The average molecular weight is 628 g/mol. The van der Waals surface area contributed by atoms with Crippen molar-refractivity contribution >= 4 is 71.7 Å². The Bertz CT molecular complexity index is 2830. The molecule has 10 rings (SSSR count). The van der Waals surface area contributed by atoms with Crippen LogP contribution in [0.2, 0.25) is 0 Å². The normalized spacial score (nSPS) is 11.7. The predicted octanol–water partition coefficient (Wildman–Crippen LogP) is 13.4. The van der Waals surface area contributed by atoms with Gasteiger partial charge in [-0.15, -0.1) is 0 Å². The zero-order valence-electron chi connectivity index (χ0n) is 26.5. The molecule has 0 amide bonds. The van der Waals surface area contributed by atoms with Crippen molar-refractivity contribution in [1.82, 2.24) is 0 Å². The molecule has 0 saturated heterocycles. The SMILES string of the molecule is c1ccc(-c2ccccc2N(c2ccc(-c3cccc4c3oc3ccccc34)cc2)c2cccc3oc4c5ccccc5ccc4c23)cc1. The minimum absolute atomic E-state index is 0.860. The van der Waals surface area contributed by atoms with E-state index in [1.807, 2.05) is 12.1 Å². The molecule has 0 fully saturated rings. The maximum absolute atomic E-state index is 6.65. The van der Waals surface area contributed by atoms with E-state index < -0.39 is 0 Å². The van der Waals surface area contributed by atoms with Gasteiger partial charge in [0, 0.05) is 38.4 Å². The minimum Gasteiger partial charge on any atom is -0.455 e. The van der Waals surface area contributed by atoms with Crippen molar-refractivity contribution in [2.24, 2.45) is 0 Å². The molecule has 0 aliphatic carbocycles. The molecule has 49 heavy (non-hydrogen) atoms. The lowest BCUT2D eigenvalue weighted by Crippen LogP contribution is -2.11. The van der Waals surface area contributed by atoms with E-state index in [1.165, 1.54) is 0 Å². The van der Waals surface area contributed by atoms with E-state index in [0.717, 1.165) is 94.0 Å². The van der Waals surface area contributed by atoms with Crippen LogP contribution >= 0.6 is 0 Å². The van der Waals surface area contributed by atoms with E-state index in [4.69, 9.17) is 8.83 Å².